The van der Waals surface area contributed by atoms with Crippen LogP contribution < -0.4 is 10.6 Å². The molecule has 1 aromatic carbocycles. The number of aliphatic imine (C=N–C) groups is 1. The Morgan fingerprint density at radius 1 is 1.06 bits per heavy atom. The lowest BCUT2D eigenvalue weighted by Gasteiger charge is -2.18. The van der Waals surface area contributed by atoms with E-state index in [9.17, 15) is 9.59 Å². The van der Waals surface area contributed by atoms with Gasteiger partial charge in [-0.3, -0.25) is 19.5 Å². The Bertz CT molecular complexity index is 799. The summed E-state index contributed by atoms with van der Waals surface area (Å²) in [5.74, 6) is 1.08. The molecule has 0 aromatic heterocycles. The molecule has 0 spiro atoms. The molecule has 2 bridgehead atoms. The number of benzene rings is 1. The van der Waals surface area contributed by atoms with Crippen LogP contribution in [0.4, 0.5) is 0 Å². The zero-order valence-corrected chi connectivity index (χ0v) is 20.2. The van der Waals surface area contributed by atoms with E-state index in [0.29, 0.717) is 45.2 Å². The second-order valence-corrected chi connectivity index (χ2v) is 8.15. The van der Waals surface area contributed by atoms with Crippen LogP contribution in [0.25, 0.3) is 0 Å². The molecule has 7 nitrogen and oxygen atoms in total. The van der Waals surface area contributed by atoms with Crippen LogP contribution in [0.2, 0.25) is 0 Å². The second-order valence-electron chi connectivity index (χ2n) is 8.15. The molecule has 31 heavy (non-hydrogen) atoms. The van der Waals surface area contributed by atoms with Crippen molar-refractivity contribution in [3.05, 3.63) is 48.0 Å². The van der Waals surface area contributed by atoms with Crippen LogP contribution in [0.3, 0.4) is 0 Å². The number of ether oxygens (including phenoxy) is 1. The van der Waals surface area contributed by atoms with Gasteiger partial charge in [0.25, 0.3) is 0 Å². The van der Waals surface area contributed by atoms with Crippen LogP contribution in [0.15, 0.2) is 47.5 Å². The van der Waals surface area contributed by atoms with Crippen molar-refractivity contribution < 1.29 is 14.3 Å². The number of carbonyl (C=O) groups is 2. The van der Waals surface area contributed by atoms with Crippen LogP contribution in [-0.2, 0) is 20.9 Å². The zero-order valence-electron chi connectivity index (χ0n) is 17.8. The summed E-state index contributed by atoms with van der Waals surface area (Å²) in [6, 6.07) is 10.1. The first-order valence-corrected chi connectivity index (χ1v) is 10.8. The van der Waals surface area contributed by atoms with Crippen LogP contribution in [-0.4, -0.2) is 56.0 Å². The van der Waals surface area contributed by atoms with Crippen molar-refractivity contribution in [3.8, 4) is 0 Å². The molecule has 168 valence electrons. The molecule has 0 radical (unpaired) electrons. The van der Waals surface area contributed by atoms with Gasteiger partial charge in [0.1, 0.15) is 0 Å². The van der Waals surface area contributed by atoms with Gasteiger partial charge in [-0.25, -0.2) is 0 Å². The third-order valence-corrected chi connectivity index (χ3v) is 6.29. The minimum atomic E-state index is -0.106. The Morgan fingerprint density at radius 2 is 1.71 bits per heavy atom. The Hall–Kier alpha value is -1.94. The zero-order chi connectivity index (χ0) is 20.9. The highest BCUT2D eigenvalue weighted by molar-refractivity contribution is 14.0. The number of carbonyl (C=O) groups excluding carboxylic acids is 2. The lowest BCUT2D eigenvalue weighted by atomic mass is 9.85. The molecular weight excluding hydrogens is 507 g/mol. The van der Waals surface area contributed by atoms with Gasteiger partial charge in [-0.05, 0) is 30.2 Å². The summed E-state index contributed by atoms with van der Waals surface area (Å²) in [6.45, 7) is 2.92. The Labute approximate surface area is 200 Å². The average Bonchev–Trinajstić information content (AvgIpc) is 3.45. The van der Waals surface area contributed by atoms with E-state index in [0.717, 1.165) is 12.0 Å². The van der Waals surface area contributed by atoms with Gasteiger partial charge in [0.15, 0.2) is 5.96 Å². The smallest absolute Gasteiger partial charge is 0.233 e. The lowest BCUT2D eigenvalue weighted by molar-refractivity contribution is -0.140. The number of nitrogens with zero attached hydrogens (tertiary/aromatic N) is 2. The van der Waals surface area contributed by atoms with E-state index in [1.54, 1.807) is 7.05 Å². The van der Waals surface area contributed by atoms with E-state index in [-0.39, 0.29) is 59.5 Å². The Morgan fingerprint density at radius 3 is 2.35 bits per heavy atom. The van der Waals surface area contributed by atoms with E-state index in [4.69, 9.17) is 4.74 Å². The largest absolute Gasteiger partial charge is 0.375 e. The van der Waals surface area contributed by atoms with E-state index in [2.05, 4.69) is 27.8 Å². The predicted molar refractivity (Wildman–Crippen MR) is 130 cm³/mol. The van der Waals surface area contributed by atoms with Gasteiger partial charge < -0.3 is 15.4 Å². The van der Waals surface area contributed by atoms with Crippen LogP contribution in [0.1, 0.15) is 18.4 Å². The molecular formula is C23H31IN4O3. The molecule has 4 atom stereocenters. The molecule has 2 fully saturated rings. The average molecular weight is 538 g/mol. The number of amides is 2. The molecule has 2 aliphatic carbocycles. The Balaban J connectivity index is 0.00000272. The van der Waals surface area contributed by atoms with Crippen molar-refractivity contribution in [2.45, 2.75) is 19.4 Å². The fourth-order valence-electron chi connectivity index (χ4n) is 4.85. The van der Waals surface area contributed by atoms with Gasteiger partial charge in [0.05, 0.1) is 25.0 Å². The fraction of sp³-hybridized carbons (Fsp3) is 0.522. The highest BCUT2D eigenvalue weighted by atomic mass is 127. The van der Waals surface area contributed by atoms with Crippen LogP contribution in [0.5, 0.6) is 0 Å². The van der Waals surface area contributed by atoms with Crippen molar-refractivity contribution >= 4 is 41.8 Å². The van der Waals surface area contributed by atoms with E-state index in [1.165, 1.54) is 4.90 Å². The van der Waals surface area contributed by atoms with E-state index >= 15 is 0 Å². The minimum absolute atomic E-state index is 0. The highest BCUT2D eigenvalue weighted by Crippen LogP contribution is 2.52. The molecule has 1 aromatic rings. The molecule has 1 saturated carbocycles. The van der Waals surface area contributed by atoms with E-state index in [1.807, 2.05) is 30.3 Å². The van der Waals surface area contributed by atoms with Gasteiger partial charge in [-0.2, -0.15) is 0 Å². The summed E-state index contributed by atoms with van der Waals surface area (Å²) in [5, 5.41) is 6.45. The first kappa shape index (κ1) is 23.7. The Kier molecular flexibility index (Phi) is 8.48. The summed E-state index contributed by atoms with van der Waals surface area (Å²) in [4.78, 5) is 31.0. The SMILES string of the molecule is CN=C(NCCCN1C(=O)C2C3C=CC(C3)C2C1=O)NCCOCc1ccccc1.I. The predicted octanol–water partition coefficient (Wildman–Crippen LogP) is 2.18. The molecule has 4 unspecified atom stereocenters. The lowest BCUT2D eigenvalue weighted by Crippen LogP contribution is -2.41. The summed E-state index contributed by atoms with van der Waals surface area (Å²) in [6.07, 6.45) is 5.92. The number of allylic oxidation sites excluding steroid dienone is 2. The third kappa shape index (κ3) is 5.28. The van der Waals surface area contributed by atoms with E-state index < -0.39 is 0 Å². The first-order chi connectivity index (χ1) is 14.7. The van der Waals surface area contributed by atoms with Crippen molar-refractivity contribution in [1.29, 1.82) is 0 Å². The maximum Gasteiger partial charge on any atom is 0.233 e. The number of guanidine groups is 1. The van der Waals surface area contributed by atoms with Gasteiger partial charge in [-0.1, -0.05) is 42.5 Å². The second kappa shape index (κ2) is 11.1. The number of hydrogen-bond donors (Lipinski definition) is 2. The molecule has 1 heterocycles. The van der Waals surface area contributed by atoms with Crippen molar-refractivity contribution in [2.75, 3.05) is 33.3 Å². The third-order valence-electron chi connectivity index (χ3n) is 6.29. The van der Waals surface area contributed by atoms with Crippen molar-refractivity contribution in [1.82, 2.24) is 15.5 Å². The van der Waals surface area contributed by atoms with Crippen LogP contribution >= 0.6 is 24.0 Å². The molecule has 2 N–H and O–H groups in total. The maximum atomic E-state index is 12.7. The maximum absolute atomic E-state index is 12.7. The minimum Gasteiger partial charge on any atom is -0.375 e. The van der Waals surface area contributed by atoms with Gasteiger partial charge >= 0.3 is 0 Å². The normalized spacial score (nSPS) is 26.2. The molecule has 1 aliphatic heterocycles. The van der Waals surface area contributed by atoms with Crippen molar-refractivity contribution in [3.63, 3.8) is 0 Å². The number of nitrogens with one attached hydrogen (secondary N) is 2. The van der Waals surface area contributed by atoms with Gasteiger partial charge in [0.2, 0.25) is 11.8 Å². The number of hydrogen-bond acceptors (Lipinski definition) is 4. The fourth-order valence-corrected chi connectivity index (χ4v) is 4.85. The summed E-state index contributed by atoms with van der Waals surface area (Å²) in [5.41, 5.74) is 1.15. The number of rotatable bonds is 9. The van der Waals surface area contributed by atoms with Gasteiger partial charge in [-0.15, -0.1) is 24.0 Å². The summed E-state index contributed by atoms with van der Waals surface area (Å²) >= 11 is 0. The molecule has 3 aliphatic rings. The monoisotopic (exact) mass is 538 g/mol. The topological polar surface area (TPSA) is 83.0 Å². The number of halogens is 1. The standard InChI is InChI=1S/C23H30N4O3.HI/c1-24-23(26-11-13-30-15-16-6-3-2-4-7-16)25-10-5-12-27-21(28)19-17-8-9-18(14-17)20(19)22(27)29;/h2-4,6-9,17-20H,5,10-15H2,1H3,(H2,24,25,26);1H. The molecule has 1 saturated heterocycles. The first-order valence-electron chi connectivity index (χ1n) is 10.8. The number of fused-ring (bicyclic) bond motifs is 5. The van der Waals surface area contributed by atoms with Crippen molar-refractivity contribution in [2.24, 2.45) is 28.7 Å². The molecule has 2 amide bonds. The highest BCUT2D eigenvalue weighted by Gasteiger charge is 2.58. The molecule has 8 heteroatoms. The van der Waals surface area contributed by atoms with Gasteiger partial charge in [0, 0.05) is 26.7 Å². The summed E-state index contributed by atoms with van der Waals surface area (Å²) < 4.78 is 5.66. The quantitative estimate of drug-likeness (QED) is 0.126. The number of imide groups is 1. The number of likely N-dealkylation sites (tertiary alicyclic amines) is 1. The summed E-state index contributed by atoms with van der Waals surface area (Å²) in [7, 11) is 1.72. The molecule has 4 rings (SSSR count). The van der Waals surface area contributed by atoms with Crippen LogP contribution in [0, 0.1) is 23.7 Å².